The second-order valence-electron chi connectivity index (χ2n) is 6.70. The maximum absolute atomic E-state index is 12.3. The average Bonchev–Trinajstić information content (AvgIpc) is 3.37. The van der Waals surface area contributed by atoms with Crippen molar-refractivity contribution in [1.29, 1.82) is 0 Å². The van der Waals surface area contributed by atoms with Gasteiger partial charge in [0.15, 0.2) is 0 Å². The number of halogens is 1. The summed E-state index contributed by atoms with van der Waals surface area (Å²) in [6.07, 6.45) is 2.28. The summed E-state index contributed by atoms with van der Waals surface area (Å²) in [6, 6.07) is 14.7. The van der Waals surface area contributed by atoms with Gasteiger partial charge in [0.25, 0.3) is 5.91 Å². The molecule has 1 aliphatic rings. The highest BCUT2D eigenvalue weighted by Crippen LogP contribution is 2.26. The van der Waals surface area contributed by atoms with Gasteiger partial charge in [-0.05, 0) is 49.2 Å². The number of rotatable bonds is 6. The molecule has 3 aromatic rings. The van der Waals surface area contributed by atoms with Crippen LogP contribution in [0, 0.1) is 0 Å². The van der Waals surface area contributed by atoms with Gasteiger partial charge in [0.2, 0.25) is 5.91 Å². The van der Waals surface area contributed by atoms with Crippen molar-refractivity contribution in [2.24, 2.45) is 0 Å². The smallest absolute Gasteiger partial charge is 0.251 e. The van der Waals surface area contributed by atoms with Gasteiger partial charge in [-0.2, -0.15) is 0 Å². The van der Waals surface area contributed by atoms with Gasteiger partial charge in [-0.3, -0.25) is 9.59 Å². The van der Waals surface area contributed by atoms with Crippen LogP contribution in [0.3, 0.4) is 0 Å². The van der Waals surface area contributed by atoms with Crippen LogP contribution in [-0.4, -0.2) is 22.8 Å². The predicted octanol–water partition coefficient (Wildman–Crippen LogP) is 4.54. The molecule has 5 nitrogen and oxygen atoms in total. The minimum Gasteiger partial charge on any atom is -0.349 e. The van der Waals surface area contributed by atoms with E-state index in [0.29, 0.717) is 28.0 Å². The molecule has 0 aliphatic heterocycles. The summed E-state index contributed by atoms with van der Waals surface area (Å²) >= 11 is 7.50. The van der Waals surface area contributed by atoms with Crippen LogP contribution in [0.5, 0.6) is 0 Å². The quantitative estimate of drug-likeness (QED) is 0.625. The Hall–Kier alpha value is -2.70. The standard InChI is InChI=1S/C21H18ClN3O2S/c22-15-3-1-2-14(10-15)21-25-18(12-28-21)11-19(26)23-16-6-4-13(5-7-16)20(27)24-17-8-9-17/h1-7,10,12,17H,8-9,11H2,(H,23,26)(H,24,27). The van der Waals surface area contributed by atoms with Crippen LogP contribution in [0.2, 0.25) is 5.02 Å². The Bertz CT molecular complexity index is 1010. The summed E-state index contributed by atoms with van der Waals surface area (Å²) in [5.74, 6) is -0.227. The summed E-state index contributed by atoms with van der Waals surface area (Å²) in [7, 11) is 0. The lowest BCUT2D eigenvalue weighted by Gasteiger charge is -2.06. The number of nitrogens with zero attached hydrogens (tertiary/aromatic N) is 1. The molecule has 28 heavy (non-hydrogen) atoms. The van der Waals surface area contributed by atoms with E-state index < -0.39 is 0 Å². The average molecular weight is 412 g/mol. The van der Waals surface area contributed by atoms with E-state index in [1.54, 1.807) is 24.3 Å². The number of amides is 2. The lowest BCUT2D eigenvalue weighted by molar-refractivity contribution is -0.115. The van der Waals surface area contributed by atoms with Gasteiger partial charge >= 0.3 is 0 Å². The lowest BCUT2D eigenvalue weighted by atomic mass is 10.2. The zero-order valence-corrected chi connectivity index (χ0v) is 16.5. The number of nitrogens with one attached hydrogen (secondary N) is 2. The molecule has 2 aromatic carbocycles. The molecule has 1 saturated carbocycles. The van der Waals surface area contributed by atoms with Gasteiger partial charge in [-0.15, -0.1) is 11.3 Å². The molecule has 0 spiro atoms. The monoisotopic (exact) mass is 411 g/mol. The SMILES string of the molecule is O=C(Cc1csc(-c2cccc(Cl)c2)n1)Nc1ccc(C(=O)NC2CC2)cc1. The van der Waals surface area contributed by atoms with Crippen LogP contribution in [-0.2, 0) is 11.2 Å². The fourth-order valence-corrected chi connectivity index (χ4v) is 3.72. The molecule has 7 heteroatoms. The molecule has 2 amide bonds. The number of carbonyl (C=O) groups excluding carboxylic acids is 2. The van der Waals surface area contributed by atoms with Crippen LogP contribution < -0.4 is 10.6 Å². The molecule has 0 atom stereocenters. The van der Waals surface area contributed by atoms with Gasteiger partial charge < -0.3 is 10.6 Å². The number of thiazole rings is 1. The number of hydrogen-bond acceptors (Lipinski definition) is 4. The Morgan fingerprint density at radius 1 is 1.14 bits per heavy atom. The Morgan fingerprint density at radius 2 is 1.93 bits per heavy atom. The second-order valence-corrected chi connectivity index (χ2v) is 8.00. The Balaban J connectivity index is 1.34. The van der Waals surface area contributed by atoms with Gasteiger partial charge in [0.1, 0.15) is 5.01 Å². The highest BCUT2D eigenvalue weighted by Gasteiger charge is 2.23. The first-order chi connectivity index (χ1) is 13.6. The molecule has 4 rings (SSSR count). The molecular weight excluding hydrogens is 394 g/mol. The molecule has 1 fully saturated rings. The number of aromatic nitrogens is 1. The van der Waals surface area contributed by atoms with E-state index in [4.69, 9.17) is 11.6 Å². The van der Waals surface area contributed by atoms with Crippen molar-refractivity contribution in [2.75, 3.05) is 5.32 Å². The first kappa shape index (κ1) is 18.7. The zero-order valence-electron chi connectivity index (χ0n) is 14.9. The van der Waals surface area contributed by atoms with Gasteiger partial charge in [-0.25, -0.2) is 4.98 Å². The highest BCUT2D eigenvalue weighted by atomic mass is 35.5. The lowest BCUT2D eigenvalue weighted by Crippen LogP contribution is -2.25. The van der Waals surface area contributed by atoms with Gasteiger partial charge in [0.05, 0.1) is 12.1 Å². The molecule has 1 heterocycles. The van der Waals surface area contributed by atoms with E-state index in [2.05, 4.69) is 15.6 Å². The molecular formula is C21H18ClN3O2S. The van der Waals surface area contributed by atoms with Crippen molar-refractivity contribution in [3.63, 3.8) is 0 Å². The van der Waals surface area contributed by atoms with Gasteiger partial charge in [-0.1, -0.05) is 23.7 Å². The van der Waals surface area contributed by atoms with Crippen LogP contribution in [0.15, 0.2) is 53.9 Å². The summed E-state index contributed by atoms with van der Waals surface area (Å²) < 4.78 is 0. The minimum atomic E-state index is -0.155. The molecule has 0 unspecified atom stereocenters. The number of hydrogen-bond donors (Lipinski definition) is 2. The summed E-state index contributed by atoms with van der Waals surface area (Å²) in [5.41, 5.74) is 2.89. The van der Waals surface area contributed by atoms with Crippen molar-refractivity contribution in [2.45, 2.75) is 25.3 Å². The molecule has 0 radical (unpaired) electrons. The van der Waals surface area contributed by atoms with E-state index >= 15 is 0 Å². The third-order valence-electron chi connectivity index (χ3n) is 4.31. The minimum absolute atomic E-state index is 0.0728. The van der Waals surface area contributed by atoms with Crippen LogP contribution in [0.4, 0.5) is 5.69 Å². The maximum Gasteiger partial charge on any atom is 0.251 e. The normalized spacial score (nSPS) is 13.2. The molecule has 0 saturated heterocycles. The zero-order chi connectivity index (χ0) is 19.5. The second kappa shape index (κ2) is 8.12. The van der Waals surface area contributed by atoms with Crippen molar-refractivity contribution in [1.82, 2.24) is 10.3 Å². The van der Waals surface area contributed by atoms with Crippen LogP contribution in [0.1, 0.15) is 28.9 Å². The molecule has 0 bridgehead atoms. The van der Waals surface area contributed by atoms with E-state index in [0.717, 1.165) is 23.4 Å². The fraction of sp³-hybridized carbons (Fsp3) is 0.190. The van der Waals surface area contributed by atoms with Crippen molar-refractivity contribution in [3.8, 4) is 10.6 Å². The maximum atomic E-state index is 12.3. The third kappa shape index (κ3) is 4.77. The summed E-state index contributed by atoms with van der Waals surface area (Å²) in [6.45, 7) is 0. The molecule has 1 aromatic heterocycles. The molecule has 142 valence electrons. The third-order valence-corrected chi connectivity index (χ3v) is 5.48. The Morgan fingerprint density at radius 3 is 2.64 bits per heavy atom. The highest BCUT2D eigenvalue weighted by molar-refractivity contribution is 7.13. The van der Waals surface area contributed by atoms with Crippen molar-refractivity contribution < 1.29 is 9.59 Å². The summed E-state index contributed by atoms with van der Waals surface area (Å²) in [4.78, 5) is 28.8. The topological polar surface area (TPSA) is 71.1 Å². The molecule has 2 N–H and O–H groups in total. The number of benzene rings is 2. The first-order valence-corrected chi connectivity index (χ1v) is 10.2. The largest absolute Gasteiger partial charge is 0.349 e. The van der Waals surface area contributed by atoms with Crippen LogP contribution >= 0.6 is 22.9 Å². The Labute approximate surface area is 171 Å². The van der Waals surface area contributed by atoms with Crippen molar-refractivity contribution in [3.05, 3.63) is 70.2 Å². The summed E-state index contributed by atoms with van der Waals surface area (Å²) in [5, 5.41) is 9.14. The van der Waals surface area contributed by atoms with Gasteiger partial charge in [0, 0.05) is 33.3 Å². The first-order valence-electron chi connectivity index (χ1n) is 8.98. The molecule has 1 aliphatic carbocycles. The number of anilines is 1. The predicted molar refractivity (Wildman–Crippen MR) is 112 cm³/mol. The number of carbonyl (C=O) groups is 2. The van der Waals surface area contributed by atoms with Crippen LogP contribution in [0.25, 0.3) is 10.6 Å². The van der Waals surface area contributed by atoms with E-state index in [1.807, 2.05) is 29.6 Å². The fourth-order valence-electron chi connectivity index (χ4n) is 2.71. The van der Waals surface area contributed by atoms with E-state index in [9.17, 15) is 9.59 Å². The van der Waals surface area contributed by atoms with E-state index in [-0.39, 0.29) is 18.2 Å². The van der Waals surface area contributed by atoms with Crippen molar-refractivity contribution >= 4 is 40.4 Å². The Kier molecular flexibility index (Phi) is 5.41. The van der Waals surface area contributed by atoms with E-state index in [1.165, 1.54) is 11.3 Å².